The number of hydrogen-bond donors (Lipinski definition) is 3. The van der Waals surface area contributed by atoms with E-state index in [2.05, 4.69) is 16.0 Å². The highest BCUT2D eigenvalue weighted by molar-refractivity contribution is 6.44. The maximum absolute atomic E-state index is 13.9. The summed E-state index contributed by atoms with van der Waals surface area (Å²) in [5, 5.41) is 8.04. The van der Waals surface area contributed by atoms with E-state index in [1.54, 1.807) is 4.57 Å². The van der Waals surface area contributed by atoms with E-state index in [-0.39, 0.29) is 22.8 Å². The fourth-order valence-corrected chi connectivity index (χ4v) is 3.84. The molecule has 2 aromatic carbocycles. The van der Waals surface area contributed by atoms with Gasteiger partial charge in [-0.1, -0.05) is 0 Å². The predicted molar refractivity (Wildman–Crippen MR) is 112 cm³/mol. The number of carbonyl (C=O) groups is 2. The number of aromatic nitrogens is 1. The van der Waals surface area contributed by atoms with E-state index in [1.165, 1.54) is 6.20 Å². The topological polar surface area (TPSA) is 75.2 Å². The summed E-state index contributed by atoms with van der Waals surface area (Å²) in [6, 6.07) is 5.58. The van der Waals surface area contributed by atoms with Gasteiger partial charge in [0.2, 0.25) is 0 Å². The van der Waals surface area contributed by atoms with Gasteiger partial charge in [0.15, 0.2) is 11.6 Å². The number of rotatable bonds is 3. The number of anilines is 2. The van der Waals surface area contributed by atoms with Crippen molar-refractivity contribution in [2.75, 3.05) is 23.7 Å². The van der Waals surface area contributed by atoms with Crippen LogP contribution in [0.1, 0.15) is 24.4 Å². The SMILES string of the molecule is O=C(Nc1ccc(C(F)(F)F)cc1)C(=O)Nc1cn(C2CCNCC2)c2cc(F)c(F)cc12. The van der Waals surface area contributed by atoms with Crippen molar-refractivity contribution in [1.29, 1.82) is 0 Å². The van der Waals surface area contributed by atoms with Crippen LogP contribution in [0.25, 0.3) is 10.9 Å². The zero-order chi connectivity index (χ0) is 23.8. The van der Waals surface area contributed by atoms with Crippen LogP contribution in [0.4, 0.5) is 33.3 Å². The van der Waals surface area contributed by atoms with Crippen LogP contribution in [0.2, 0.25) is 0 Å². The molecule has 6 nitrogen and oxygen atoms in total. The molecule has 4 rings (SSSR count). The fourth-order valence-electron chi connectivity index (χ4n) is 3.84. The Kier molecular flexibility index (Phi) is 6.07. The van der Waals surface area contributed by atoms with Gasteiger partial charge in [-0.2, -0.15) is 13.2 Å². The predicted octanol–water partition coefficient (Wildman–Crippen LogP) is 4.44. The first-order chi connectivity index (χ1) is 15.6. The summed E-state index contributed by atoms with van der Waals surface area (Å²) in [6.45, 7) is 1.48. The molecule has 1 aliphatic rings. The van der Waals surface area contributed by atoms with Crippen molar-refractivity contribution in [2.45, 2.75) is 25.1 Å². The molecule has 0 bridgehead atoms. The van der Waals surface area contributed by atoms with Gasteiger partial charge in [0.1, 0.15) is 0 Å². The normalized spacial score (nSPS) is 14.9. The van der Waals surface area contributed by atoms with Gasteiger partial charge in [-0.05, 0) is 56.3 Å². The Morgan fingerprint density at radius 1 is 0.939 bits per heavy atom. The number of amides is 2. The van der Waals surface area contributed by atoms with Crippen LogP contribution in [0.15, 0.2) is 42.6 Å². The zero-order valence-electron chi connectivity index (χ0n) is 17.1. The van der Waals surface area contributed by atoms with Gasteiger partial charge in [0, 0.05) is 29.4 Å². The Labute approximate surface area is 184 Å². The van der Waals surface area contributed by atoms with Crippen molar-refractivity contribution in [3.05, 3.63) is 59.8 Å². The molecule has 0 saturated carbocycles. The number of nitrogens with one attached hydrogen (secondary N) is 3. The molecule has 1 aromatic heterocycles. The van der Waals surface area contributed by atoms with Crippen molar-refractivity contribution >= 4 is 34.1 Å². The molecule has 33 heavy (non-hydrogen) atoms. The van der Waals surface area contributed by atoms with Crippen molar-refractivity contribution in [1.82, 2.24) is 9.88 Å². The second-order valence-electron chi connectivity index (χ2n) is 7.70. The molecule has 1 aliphatic heterocycles. The number of hydrogen-bond acceptors (Lipinski definition) is 3. The number of carbonyl (C=O) groups excluding carboxylic acids is 2. The smallest absolute Gasteiger partial charge is 0.342 e. The third-order valence-electron chi connectivity index (χ3n) is 5.50. The molecule has 0 unspecified atom stereocenters. The minimum atomic E-state index is -4.53. The van der Waals surface area contributed by atoms with Crippen molar-refractivity contribution < 1.29 is 31.5 Å². The largest absolute Gasteiger partial charge is 0.416 e. The number of halogens is 5. The first-order valence-electron chi connectivity index (χ1n) is 10.1. The highest BCUT2D eigenvalue weighted by Gasteiger charge is 2.30. The third kappa shape index (κ3) is 4.82. The Bertz CT molecular complexity index is 1200. The first kappa shape index (κ1) is 22.7. The Hall–Kier alpha value is -3.47. The lowest BCUT2D eigenvalue weighted by atomic mass is 10.1. The van der Waals surface area contributed by atoms with Gasteiger partial charge in [-0.3, -0.25) is 9.59 Å². The summed E-state index contributed by atoms with van der Waals surface area (Å²) < 4.78 is 67.6. The lowest BCUT2D eigenvalue weighted by Gasteiger charge is -2.25. The number of piperidine rings is 1. The van der Waals surface area contributed by atoms with Crippen LogP contribution in [-0.2, 0) is 15.8 Å². The zero-order valence-corrected chi connectivity index (χ0v) is 17.1. The summed E-state index contributed by atoms with van der Waals surface area (Å²) in [4.78, 5) is 24.7. The van der Waals surface area contributed by atoms with Gasteiger partial charge in [-0.15, -0.1) is 0 Å². The molecule has 0 aliphatic carbocycles. The molecule has 0 atom stereocenters. The summed E-state index contributed by atoms with van der Waals surface area (Å²) in [7, 11) is 0. The van der Waals surface area contributed by atoms with E-state index in [0.29, 0.717) is 5.52 Å². The standard InChI is InChI=1S/C22H19F5N4O2/c23-16-9-15-18(11-31(19(15)10-17(16)24)14-5-7-28-8-6-14)30-21(33)20(32)29-13-3-1-12(2-4-13)22(25,26)27/h1-4,9-11,14,28H,5-8H2,(H,29,32)(H,30,33). The van der Waals surface area contributed by atoms with Crippen LogP contribution in [0.3, 0.4) is 0 Å². The first-order valence-corrected chi connectivity index (χ1v) is 10.1. The highest BCUT2D eigenvalue weighted by atomic mass is 19.4. The van der Waals surface area contributed by atoms with E-state index in [0.717, 1.165) is 62.3 Å². The molecule has 0 spiro atoms. The molecule has 2 amide bonds. The van der Waals surface area contributed by atoms with E-state index in [1.807, 2.05) is 0 Å². The van der Waals surface area contributed by atoms with Crippen molar-refractivity contribution in [3.63, 3.8) is 0 Å². The molecule has 3 aromatic rings. The average molecular weight is 466 g/mol. The van der Waals surface area contributed by atoms with Crippen LogP contribution < -0.4 is 16.0 Å². The molecule has 1 saturated heterocycles. The Morgan fingerprint density at radius 3 is 2.18 bits per heavy atom. The van der Waals surface area contributed by atoms with E-state index < -0.39 is 35.2 Å². The van der Waals surface area contributed by atoms with Crippen molar-refractivity contribution in [3.8, 4) is 0 Å². The van der Waals surface area contributed by atoms with Crippen LogP contribution in [-0.4, -0.2) is 29.5 Å². The highest BCUT2D eigenvalue weighted by Crippen LogP contribution is 2.33. The maximum Gasteiger partial charge on any atom is 0.416 e. The summed E-state index contributed by atoms with van der Waals surface area (Å²) >= 11 is 0. The second kappa shape index (κ2) is 8.81. The van der Waals surface area contributed by atoms with Crippen LogP contribution in [0.5, 0.6) is 0 Å². The summed E-state index contributed by atoms with van der Waals surface area (Å²) in [6.07, 6.45) is -1.52. The molecular weight excluding hydrogens is 447 g/mol. The average Bonchev–Trinajstić information content (AvgIpc) is 3.11. The number of nitrogens with zero attached hydrogens (tertiary/aromatic N) is 1. The van der Waals surface area contributed by atoms with E-state index in [4.69, 9.17) is 0 Å². The molecule has 11 heteroatoms. The number of benzene rings is 2. The lowest BCUT2D eigenvalue weighted by Crippen LogP contribution is -2.29. The summed E-state index contributed by atoms with van der Waals surface area (Å²) in [5.74, 6) is -4.37. The van der Waals surface area contributed by atoms with E-state index >= 15 is 0 Å². The number of fused-ring (bicyclic) bond motifs is 1. The van der Waals surface area contributed by atoms with E-state index in [9.17, 15) is 31.5 Å². The molecule has 2 heterocycles. The molecule has 174 valence electrons. The lowest BCUT2D eigenvalue weighted by molar-refractivity contribution is -0.137. The van der Waals surface area contributed by atoms with Crippen molar-refractivity contribution in [2.24, 2.45) is 0 Å². The molecule has 3 N–H and O–H groups in total. The second-order valence-corrected chi connectivity index (χ2v) is 7.70. The Morgan fingerprint density at radius 2 is 1.55 bits per heavy atom. The third-order valence-corrected chi connectivity index (χ3v) is 5.50. The minimum absolute atomic E-state index is 0.00611. The monoisotopic (exact) mass is 466 g/mol. The molecular formula is C22H19F5N4O2. The van der Waals surface area contributed by atoms with Crippen LogP contribution >= 0.6 is 0 Å². The van der Waals surface area contributed by atoms with Gasteiger partial charge >= 0.3 is 18.0 Å². The number of alkyl halides is 3. The fraction of sp³-hybridized carbons (Fsp3) is 0.273. The van der Waals surface area contributed by atoms with Gasteiger partial charge in [0.25, 0.3) is 0 Å². The van der Waals surface area contributed by atoms with Gasteiger partial charge in [0.05, 0.1) is 16.8 Å². The molecule has 1 fully saturated rings. The van der Waals surface area contributed by atoms with Gasteiger partial charge in [-0.25, -0.2) is 8.78 Å². The van der Waals surface area contributed by atoms with Gasteiger partial charge < -0.3 is 20.5 Å². The minimum Gasteiger partial charge on any atom is -0.342 e. The quantitative estimate of drug-likeness (QED) is 0.395. The Balaban J connectivity index is 1.55. The van der Waals surface area contributed by atoms with Crippen LogP contribution in [0, 0.1) is 11.6 Å². The molecule has 0 radical (unpaired) electrons. The maximum atomic E-state index is 13.9. The summed E-state index contributed by atoms with van der Waals surface area (Å²) in [5.41, 5.74) is -0.410.